The topological polar surface area (TPSA) is 79.7 Å². The number of methoxy groups -OCH3 is 2. The standard InChI is InChI=1S/C21H18F2N2O5/c1-4-30-15-11-12(10-14(22)17(15)23)18-16(20(26)28-2)19(21(27)29-3)25(24-18)13-8-6-5-7-9-13/h5-11H,4H2,1-3H3. The molecule has 1 heterocycles. The van der Waals surface area contributed by atoms with Crippen molar-refractivity contribution >= 4 is 11.9 Å². The van der Waals surface area contributed by atoms with E-state index in [0.29, 0.717) is 5.69 Å². The zero-order chi connectivity index (χ0) is 21.8. The molecule has 7 nitrogen and oxygen atoms in total. The van der Waals surface area contributed by atoms with Crippen LogP contribution in [-0.2, 0) is 9.47 Å². The molecular weight excluding hydrogens is 398 g/mol. The first-order valence-electron chi connectivity index (χ1n) is 8.90. The highest BCUT2D eigenvalue weighted by Crippen LogP contribution is 2.33. The normalized spacial score (nSPS) is 10.6. The van der Waals surface area contributed by atoms with E-state index < -0.39 is 23.6 Å². The van der Waals surface area contributed by atoms with Crippen LogP contribution in [-0.4, -0.2) is 42.5 Å². The van der Waals surface area contributed by atoms with E-state index in [1.54, 1.807) is 37.3 Å². The highest BCUT2D eigenvalue weighted by molar-refractivity contribution is 6.06. The van der Waals surface area contributed by atoms with Crippen molar-refractivity contribution in [2.24, 2.45) is 0 Å². The molecule has 0 atom stereocenters. The van der Waals surface area contributed by atoms with Crippen LogP contribution in [0.3, 0.4) is 0 Å². The van der Waals surface area contributed by atoms with E-state index in [0.717, 1.165) is 20.3 Å². The van der Waals surface area contributed by atoms with Crippen molar-refractivity contribution in [2.75, 3.05) is 20.8 Å². The molecule has 0 saturated carbocycles. The molecule has 156 valence electrons. The molecule has 3 aromatic rings. The van der Waals surface area contributed by atoms with Crippen LogP contribution in [0.15, 0.2) is 42.5 Å². The van der Waals surface area contributed by atoms with Crippen LogP contribution < -0.4 is 4.74 Å². The van der Waals surface area contributed by atoms with E-state index in [4.69, 9.17) is 14.2 Å². The van der Waals surface area contributed by atoms with E-state index in [9.17, 15) is 18.4 Å². The molecule has 2 aromatic carbocycles. The largest absolute Gasteiger partial charge is 0.491 e. The lowest BCUT2D eigenvalue weighted by Crippen LogP contribution is -2.15. The van der Waals surface area contributed by atoms with Gasteiger partial charge in [0.2, 0.25) is 5.82 Å². The number of para-hydroxylation sites is 1. The Morgan fingerprint density at radius 2 is 1.70 bits per heavy atom. The van der Waals surface area contributed by atoms with E-state index in [1.165, 1.54) is 10.7 Å². The molecule has 0 amide bonds. The first-order chi connectivity index (χ1) is 14.4. The highest BCUT2D eigenvalue weighted by atomic mass is 19.2. The number of nitrogens with zero attached hydrogens (tertiary/aromatic N) is 2. The molecule has 0 aliphatic carbocycles. The second-order valence-electron chi connectivity index (χ2n) is 6.01. The van der Waals surface area contributed by atoms with Crippen LogP contribution >= 0.6 is 0 Å². The molecule has 0 bridgehead atoms. The zero-order valence-electron chi connectivity index (χ0n) is 16.4. The fourth-order valence-corrected chi connectivity index (χ4v) is 2.92. The number of rotatable bonds is 6. The summed E-state index contributed by atoms with van der Waals surface area (Å²) in [4.78, 5) is 25.1. The minimum atomic E-state index is -1.19. The molecular formula is C21H18F2N2O5. The maximum Gasteiger partial charge on any atom is 0.357 e. The third-order valence-corrected chi connectivity index (χ3v) is 4.22. The molecule has 0 N–H and O–H groups in total. The molecule has 0 radical (unpaired) electrons. The Hall–Kier alpha value is -3.75. The Labute approximate surface area is 170 Å². The number of benzene rings is 2. The molecule has 0 unspecified atom stereocenters. The van der Waals surface area contributed by atoms with Gasteiger partial charge < -0.3 is 14.2 Å². The monoisotopic (exact) mass is 416 g/mol. The van der Waals surface area contributed by atoms with Gasteiger partial charge in [-0.1, -0.05) is 18.2 Å². The molecule has 0 fully saturated rings. The number of hydrogen-bond donors (Lipinski definition) is 0. The average Bonchev–Trinajstić information content (AvgIpc) is 3.17. The summed E-state index contributed by atoms with van der Waals surface area (Å²) in [6.07, 6.45) is 0. The van der Waals surface area contributed by atoms with Crippen molar-refractivity contribution in [1.29, 1.82) is 0 Å². The molecule has 0 aliphatic rings. The summed E-state index contributed by atoms with van der Waals surface area (Å²) in [5.41, 5.74) is -0.0830. The van der Waals surface area contributed by atoms with Crippen molar-refractivity contribution in [3.63, 3.8) is 0 Å². The van der Waals surface area contributed by atoms with Gasteiger partial charge in [-0.3, -0.25) is 0 Å². The zero-order valence-corrected chi connectivity index (χ0v) is 16.4. The van der Waals surface area contributed by atoms with Crippen molar-refractivity contribution in [1.82, 2.24) is 9.78 Å². The number of ether oxygens (including phenoxy) is 3. The van der Waals surface area contributed by atoms with E-state index in [2.05, 4.69) is 5.10 Å². The second-order valence-corrected chi connectivity index (χ2v) is 6.01. The molecule has 0 saturated heterocycles. The van der Waals surface area contributed by atoms with Crippen LogP contribution in [0.4, 0.5) is 8.78 Å². The molecule has 30 heavy (non-hydrogen) atoms. The smallest absolute Gasteiger partial charge is 0.357 e. The Morgan fingerprint density at radius 3 is 2.30 bits per heavy atom. The molecule has 9 heteroatoms. The molecule has 0 spiro atoms. The van der Waals surface area contributed by atoms with Crippen molar-refractivity contribution in [2.45, 2.75) is 6.92 Å². The fourth-order valence-electron chi connectivity index (χ4n) is 2.92. The van der Waals surface area contributed by atoms with Gasteiger partial charge in [-0.05, 0) is 31.2 Å². The Bertz CT molecular complexity index is 1100. The van der Waals surface area contributed by atoms with Crippen LogP contribution in [0.25, 0.3) is 16.9 Å². The van der Waals surface area contributed by atoms with Gasteiger partial charge in [0, 0.05) is 5.56 Å². The van der Waals surface area contributed by atoms with Crippen LogP contribution in [0, 0.1) is 11.6 Å². The summed E-state index contributed by atoms with van der Waals surface area (Å²) >= 11 is 0. The third-order valence-electron chi connectivity index (χ3n) is 4.22. The quantitative estimate of drug-likeness (QED) is 0.569. The third kappa shape index (κ3) is 3.73. The maximum absolute atomic E-state index is 14.2. The SMILES string of the molecule is CCOc1cc(-c2nn(-c3ccccc3)c(C(=O)OC)c2C(=O)OC)cc(F)c1F. The number of aromatic nitrogens is 2. The predicted octanol–water partition coefficient (Wildman–Crippen LogP) is 3.79. The lowest BCUT2D eigenvalue weighted by Gasteiger charge is -2.08. The van der Waals surface area contributed by atoms with Crippen molar-refractivity contribution in [3.8, 4) is 22.7 Å². The summed E-state index contributed by atoms with van der Waals surface area (Å²) in [6, 6.07) is 10.6. The van der Waals surface area contributed by atoms with Crippen LogP contribution in [0.2, 0.25) is 0 Å². The number of halogens is 2. The van der Waals surface area contributed by atoms with E-state index in [1.807, 2.05) is 0 Å². The van der Waals surface area contributed by atoms with Gasteiger partial charge >= 0.3 is 11.9 Å². The van der Waals surface area contributed by atoms with Gasteiger partial charge in [0.1, 0.15) is 11.3 Å². The summed E-state index contributed by atoms with van der Waals surface area (Å²) in [5, 5.41) is 4.33. The first-order valence-corrected chi connectivity index (χ1v) is 8.90. The fraction of sp³-hybridized carbons (Fsp3) is 0.190. The second kappa shape index (κ2) is 8.73. The minimum Gasteiger partial charge on any atom is -0.491 e. The minimum absolute atomic E-state index is 0.0255. The van der Waals surface area contributed by atoms with E-state index in [-0.39, 0.29) is 34.9 Å². The lowest BCUT2D eigenvalue weighted by atomic mass is 10.0. The number of esters is 2. The van der Waals surface area contributed by atoms with Gasteiger partial charge in [-0.2, -0.15) is 9.49 Å². The number of carbonyl (C=O) groups is 2. The summed E-state index contributed by atoms with van der Waals surface area (Å²) in [7, 11) is 2.28. The summed E-state index contributed by atoms with van der Waals surface area (Å²) in [5.74, 6) is -4.46. The van der Waals surface area contributed by atoms with Gasteiger partial charge in [-0.15, -0.1) is 0 Å². The first kappa shape index (κ1) is 21.0. The number of hydrogen-bond acceptors (Lipinski definition) is 6. The van der Waals surface area contributed by atoms with E-state index >= 15 is 0 Å². The average molecular weight is 416 g/mol. The molecule has 0 aliphatic heterocycles. The van der Waals surface area contributed by atoms with Crippen molar-refractivity contribution in [3.05, 3.63) is 65.4 Å². The lowest BCUT2D eigenvalue weighted by molar-refractivity contribution is 0.0549. The Balaban J connectivity index is 2.36. The number of carbonyl (C=O) groups excluding carboxylic acids is 2. The molecule has 3 rings (SSSR count). The van der Waals surface area contributed by atoms with Gasteiger partial charge in [0.25, 0.3) is 0 Å². The Morgan fingerprint density at radius 1 is 1.03 bits per heavy atom. The summed E-state index contributed by atoms with van der Waals surface area (Å²) < 4.78 is 44.2. The van der Waals surface area contributed by atoms with Crippen molar-refractivity contribution < 1.29 is 32.6 Å². The van der Waals surface area contributed by atoms with Crippen LogP contribution in [0.5, 0.6) is 5.75 Å². The van der Waals surface area contributed by atoms with Gasteiger partial charge in [-0.25, -0.2) is 18.7 Å². The van der Waals surface area contributed by atoms with Gasteiger partial charge in [0.05, 0.1) is 26.5 Å². The maximum atomic E-state index is 14.2. The predicted molar refractivity (Wildman–Crippen MR) is 103 cm³/mol. The van der Waals surface area contributed by atoms with Gasteiger partial charge in [0.15, 0.2) is 17.3 Å². The van der Waals surface area contributed by atoms with Crippen LogP contribution in [0.1, 0.15) is 27.8 Å². The Kier molecular flexibility index (Phi) is 6.10. The highest BCUT2D eigenvalue weighted by Gasteiger charge is 2.32. The summed E-state index contributed by atoms with van der Waals surface area (Å²) in [6.45, 7) is 1.71. The molecule has 1 aromatic heterocycles.